The minimum atomic E-state index is -0.0960. The topological polar surface area (TPSA) is 93.0 Å². The van der Waals surface area contributed by atoms with Crippen LogP contribution in [0.2, 0.25) is 0 Å². The van der Waals surface area contributed by atoms with E-state index in [0.29, 0.717) is 30.9 Å². The Bertz CT molecular complexity index is 941. The number of hydrogen-bond donors (Lipinski definition) is 1. The van der Waals surface area contributed by atoms with Gasteiger partial charge in [-0.15, -0.1) is 0 Å². The Morgan fingerprint density at radius 1 is 1.22 bits per heavy atom. The van der Waals surface area contributed by atoms with E-state index in [1.165, 1.54) is 11.6 Å². The summed E-state index contributed by atoms with van der Waals surface area (Å²) in [5.74, 6) is 0.871. The normalized spacial score (nSPS) is 15.4. The SMILES string of the molecule is CCn1c(C2CCN(C(=O)c3c(C)[nH]c(C(C)=O)c3C)CC2)nn(C)c1=O. The summed E-state index contributed by atoms with van der Waals surface area (Å²) in [7, 11) is 1.67. The number of amides is 1. The number of nitrogens with zero attached hydrogens (tertiary/aromatic N) is 4. The Morgan fingerprint density at radius 2 is 1.85 bits per heavy atom. The second-order valence-corrected chi connectivity index (χ2v) is 7.26. The van der Waals surface area contributed by atoms with E-state index in [2.05, 4.69) is 10.1 Å². The molecular weight excluding hydrogens is 346 g/mol. The van der Waals surface area contributed by atoms with Crippen molar-refractivity contribution in [2.45, 2.75) is 53.0 Å². The van der Waals surface area contributed by atoms with Crippen molar-refractivity contribution < 1.29 is 9.59 Å². The van der Waals surface area contributed by atoms with Crippen molar-refractivity contribution in [3.63, 3.8) is 0 Å². The second kappa shape index (κ2) is 7.17. The van der Waals surface area contributed by atoms with Crippen LogP contribution in [-0.4, -0.2) is 49.0 Å². The molecule has 1 aliphatic heterocycles. The average molecular weight is 373 g/mol. The molecule has 0 aromatic carbocycles. The molecule has 0 saturated carbocycles. The number of carbonyl (C=O) groups is 2. The van der Waals surface area contributed by atoms with Crippen LogP contribution in [-0.2, 0) is 13.6 Å². The molecule has 8 heteroatoms. The maximum Gasteiger partial charge on any atom is 0.345 e. The first-order chi connectivity index (χ1) is 12.8. The van der Waals surface area contributed by atoms with Gasteiger partial charge in [0, 0.05) is 45.2 Å². The van der Waals surface area contributed by atoms with Crippen LogP contribution < -0.4 is 5.69 Å². The maximum atomic E-state index is 13.0. The van der Waals surface area contributed by atoms with Gasteiger partial charge in [0.1, 0.15) is 5.82 Å². The van der Waals surface area contributed by atoms with Crippen LogP contribution in [0.5, 0.6) is 0 Å². The summed E-state index contributed by atoms with van der Waals surface area (Å²) in [5, 5.41) is 4.40. The third-order valence-corrected chi connectivity index (χ3v) is 5.50. The predicted octanol–water partition coefficient (Wildman–Crippen LogP) is 1.77. The Morgan fingerprint density at radius 3 is 2.37 bits per heavy atom. The zero-order chi connectivity index (χ0) is 19.9. The Balaban J connectivity index is 1.77. The zero-order valence-electron chi connectivity index (χ0n) is 16.6. The second-order valence-electron chi connectivity index (χ2n) is 7.26. The monoisotopic (exact) mass is 373 g/mol. The summed E-state index contributed by atoms with van der Waals surface area (Å²) >= 11 is 0. The Labute approximate surface area is 158 Å². The van der Waals surface area contributed by atoms with Gasteiger partial charge in [0.25, 0.3) is 5.91 Å². The molecule has 1 amide bonds. The summed E-state index contributed by atoms with van der Waals surface area (Å²) in [6.45, 7) is 8.89. The largest absolute Gasteiger partial charge is 0.355 e. The minimum absolute atomic E-state index is 0.0406. The lowest BCUT2D eigenvalue weighted by molar-refractivity contribution is 0.0709. The van der Waals surface area contributed by atoms with Crippen molar-refractivity contribution >= 4 is 11.7 Å². The molecule has 0 unspecified atom stereocenters. The lowest BCUT2D eigenvalue weighted by atomic mass is 9.95. The highest BCUT2D eigenvalue weighted by Gasteiger charge is 2.30. The molecule has 0 bridgehead atoms. The van der Waals surface area contributed by atoms with E-state index in [0.717, 1.165) is 29.9 Å². The zero-order valence-corrected chi connectivity index (χ0v) is 16.6. The molecule has 0 atom stereocenters. The molecule has 0 radical (unpaired) electrons. The van der Waals surface area contributed by atoms with E-state index < -0.39 is 0 Å². The summed E-state index contributed by atoms with van der Waals surface area (Å²) in [6.07, 6.45) is 1.54. The van der Waals surface area contributed by atoms with Crippen molar-refractivity contribution in [1.82, 2.24) is 24.2 Å². The van der Waals surface area contributed by atoms with Gasteiger partial charge in [-0.3, -0.25) is 14.2 Å². The standard InChI is InChI=1S/C19H27N5O3/c1-6-24-17(21-22(5)19(24)27)14-7-9-23(10-8-14)18(26)15-11(2)16(13(4)25)20-12(15)3/h14,20H,6-10H2,1-5H3. The lowest BCUT2D eigenvalue weighted by Gasteiger charge is -2.31. The molecular formula is C19H27N5O3. The number of nitrogens with one attached hydrogen (secondary N) is 1. The summed E-state index contributed by atoms with van der Waals surface area (Å²) < 4.78 is 3.09. The number of aryl methyl sites for hydroxylation is 2. The van der Waals surface area contributed by atoms with Crippen molar-refractivity contribution in [3.8, 4) is 0 Å². The number of aromatic amines is 1. The van der Waals surface area contributed by atoms with Crippen molar-refractivity contribution in [1.29, 1.82) is 0 Å². The average Bonchev–Trinajstić information content (AvgIpc) is 3.10. The van der Waals surface area contributed by atoms with Gasteiger partial charge in [0.15, 0.2) is 5.78 Å². The molecule has 0 spiro atoms. The van der Waals surface area contributed by atoms with Gasteiger partial charge < -0.3 is 9.88 Å². The highest BCUT2D eigenvalue weighted by atomic mass is 16.2. The predicted molar refractivity (Wildman–Crippen MR) is 101 cm³/mol. The van der Waals surface area contributed by atoms with E-state index in [1.54, 1.807) is 11.6 Å². The number of carbonyl (C=O) groups excluding carboxylic acids is 2. The molecule has 3 rings (SSSR count). The van der Waals surface area contributed by atoms with Crippen LogP contribution in [0.25, 0.3) is 0 Å². The maximum absolute atomic E-state index is 13.0. The van der Waals surface area contributed by atoms with E-state index >= 15 is 0 Å². The number of likely N-dealkylation sites (tertiary alicyclic amines) is 1. The van der Waals surface area contributed by atoms with E-state index in [-0.39, 0.29) is 23.3 Å². The number of H-pyrrole nitrogens is 1. The first-order valence-electron chi connectivity index (χ1n) is 9.39. The molecule has 2 aromatic heterocycles. The Hall–Kier alpha value is -2.64. The molecule has 8 nitrogen and oxygen atoms in total. The van der Waals surface area contributed by atoms with Gasteiger partial charge in [-0.1, -0.05) is 0 Å². The minimum Gasteiger partial charge on any atom is -0.355 e. The van der Waals surface area contributed by atoms with Crippen LogP contribution in [0.1, 0.15) is 70.5 Å². The number of piperidine rings is 1. The van der Waals surface area contributed by atoms with E-state index in [1.807, 2.05) is 25.7 Å². The van der Waals surface area contributed by atoms with Gasteiger partial charge in [-0.2, -0.15) is 5.10 Å². The molecule has 27 heavy (non-hydrogen) atoms. The molecule has 1 saturated heterocycles. The fourth-order valence-electron chi connectivity index (χ4n) is 4.04. The van der Waals surface area contributed by atoms with Gasteiger partial charge in [0.2, 0.25) is 0 Å². The number of hydrogen-bond acceptors (Lipinski definition) is 4. The van der Waals surface area contributed by atoms with Crippen LogP contribution in [0.3, 0.4) is 0 Å². The molecule has 2 aromatic rings. The molecule has 1 N–H and O–H groups in total. The third kappa shape index (κ3) is 3.24. The Kier molecular flexibility index (Phi) is 5.08. The van der Waals surface area contributed by atoms with Gasteiger partial charge >= 0.3 is 5.69 Å². The molecule has 146 valence electrons. The lowest BCUT2D eigenvalue weighted by Crippen LogP contribution is -2.39. The first kappa shape index (κ1) is 19.1. The highest BCUT2D eigenvalue weighted by molar-refractivity contribution is 6.02. The van der Waals surface area contributed by atoms with Crippen molar-refractivity contribution in [2.75, 3.05) is 13.1 Å². The van der Waals surface area contributed by atoms with E-state index in [4.69, 9.17) is 0 Å². The summed E-state index contributed by atoms with van der Waals surface area (Å²) in [4.78, 5) is 41.7. The quantitative estimate of drug-likeness (QED) is 0.827. The van der Waals surface area contributed by atoms with Crippen molar-refractivity contribution in [2.24, 2.45) is 7.05 Å². The molecule has 1 fully saturated rings. The number of Topliss-reactive ketones (excluding diaryl/α,β-unsaturated/α-hetero) is 1. The first-order valence-corrected chi connectivity index (χ1v) is 9.39. The number of aromatic nitrogens is 4. The number of ketones is 1. The fraction of sp³-hybridized carbons (Fsp3) is 0.579. The van der Waals surface area contributed by atoms with Crippen molar-refractivity contribution in [3.05, 3.63) is 38.8 Å². The molecule has 1 aliphatic rings. The van der Waals surface area contributed by atoms with Gasteiger partial charge in [0.05, 0.1) is 11.3 Å². The van der Waals surface area contributed by atoms with Crippen LogP contribution in [0.4, 0.5) is 0 Å². The van der Waals surface area contributed by atoms with Crippen LogP contribution >= 0.6 is 0 Å². The summed E-state index contributed by atoms with van der Waals surface area (Å²) in [6, 6.07) is 0. The smallest absolute Gasteiger partial charge is 0.345 e. The molecule has 0 aliphatic carbocycles. The van der Waals surface area contributed by atoms with Crippen LogP contribution in [0.15, 0.2) is 4.79 Å². The van der Waals surface area contributed by atoms with Gasteiger partial charge in [-0.25, -0.2) is 9.48 Å². The van der Waals surface area contributed by atoms with Gasteiger partial charge in [-0.05, 0) is 39.2 Å². The molecule has 3 heterocycles. The van der Waals surface area contributed by atoms with E-state index in [9.17, 15) is 14.4 Å². The van der Waals surface area contributed by atoms with Crippen LogP contribution in [0, 0.1) is 13.8 Å². The number of rotatable bonds is 4. The summed E-state index contributed by atoms with van der Waals surface area (Å²) in [5.41, 5.74) is 2.46. The highest BCUT2D eigenvalue weighted by Crippen LogP contribution is 2.28. The fourth-order valence-corrected chi connectivity index (χ4v) is 4.04. The third-order valence-electron chi connectivity index (χ3n) is 5.50.